The fourth-order valence-electron chi connectivity index (χ4n) is 3.25. The molecule has 34 heavy (non-hydrogen) atoms. The molecule has 3 aromatic rings. The first-order valence-corrected chi connectivity index (χ1v) is 11.1. The Kier molecular flexibility index (Phi) is 8.24. The predicted octanol–water partition coefficient (Wildman–Crippen LogP) is 4.73. The Morgan fingerprint density at radius 1 is 1.00 bits per heavy atom. The number of ether oxygens (including phenoxy) is 2. The molecular formula is C27H31N3O4. The number of anilines is 1. The first-order valence-electron chi connectivity index (χ1n) is 11.1. The van der Waals surface area contributed by atoms with Crippen LogP contribution in [0.1, 0.15) is 48.7 Å². The fraction of sp³-hybridized carbons (Fsp3) is 0.296. The first-order chi connectivity index (χ1) is 16.3. The average Bonchev–Trinajstić information content (AvgIpc) is 2.83. The van der Waals surface area contributed by atoms with E-state index in [4.69, 9.17) is 9.47 Å². The summed E-state index contributed by atoms with van der Waals surface area (Å²) in [6.07, 6.45) is 3.57. The van der Waals surface area contributed by atoms with Crippen molar-refractivity contribution >= 4 is 17.5 Å². The molecule has 2 N–H and O–H groups in total. The van der Waals surface area contributed by atoms with Gasteiger partial charge in [0.25, 0.3) is 5.91 Å². The van der Waals surface area contributed by atoms with Crippen LogP contribution in [0.4, 0.5) is 5.69 Å². The number of methoxy groups -OCH3 is 1. The summed E-state index contributed by atoms with van der Waals surface area (Å²) in [7, 11) is 1.56. The van der Waals surface area contributed by atoms with Crippen LogP contribution in [0.5, 0.6) is 11.5 Å². The smallest absolute Gasteiger partial charge is 0.251 e. The molecule has 0 radical (unpaired) electrons. The Morgan fingerprint density at radius 3 is 2.41 bits per heavy atom. The molecule has 0 unspecified atom stereocenters. The van der Waals surface area contributed by atoms with Crippen LogP contribution in [-0.4, -0.2) is 30.5 Å². The van der Waals surface area contributed by atoms with E-state index in [9.17, 15) is 9.59 Å². The van der Waals surface area contributed by atoms with Crippen LogP contribution in [0, 0.1) is 0 Å². The van der Waals surface area contributed by atoms with Gasteiger partial charge in [0.15, 0.2) is 11.5 Å². The minimum atomic E-state index is -0.216. The van der Waals surface area contributed by atoms with Gasteiger partial charge < -0.3 is 20.1 Å². The first kappa shape index (κ1) is 24.8. The van der Waals surface area contributed by atoms with Gasteiger partial charge in [0.1, 0.15) is 6.61 Å². The zero-order valence-electron chi connectivity index (χ0n) is 20.1. The van der Waals surface area contributed by atoms with Crippen LogP contribution in [0.2, 0.25) is 0 Å². The maximum Gasteiger partial charge on any atom is 0.251 e. The molecule has 7 heteroatoms. The van der Waals surface area contributed by atoms with Gasteiger partial charge in [0.05, 0.1) is 7.11 Å². The maximum absolute atomic E-state index is 12.4. The number of hydrogen-bond acceptors (Lipinski definition) is 5. The van der Waals surface area contributed by atoms with Gasteiger partial charge in [-0.15, -0.1) is 0 Å². The molecule has 2 amide bonds. The lowest BCUT2D eigenvalue weighted by molar-refractivity contribution is -0.116. The topological polar surface area (TPSA) is 89.6 Å². The van der Waals surface area contributed by atoms with Crippen LogP contribution in [0.25, 0.3) is 0 Å². The molecule has 1 aromatic heterocycles. The molecule has 0 aliphatic carbocycles. The van der Waals surface area contributed by atoms with Crippen molar-refractivity contribution in [3.05, 3.63) is 83.7 Å². The van der Waals surface area contributed by atoms with Crippen molar-refractivity contribution in [3.63, 3.8) is 0 Å². The molecule has 0 aliphatic rings. The van der Waals surface area contributed by atoms with Gasteiger partial charge in [-0.25, -0.2) is 0 Å². The van der Waals surface area contributed by atoms with E-state index in [-0.39, 0.29) is 30.2 Å². The van der Waals surface area contributed by atoms with E-state index in [1.807, 2.05) is 24.3 Å². The normalized spacial score (nSPS) is 10.9. The number of rotatable bonds is 9. The Bertz CT molecular complexity index is 1110. The predicted molar refractivity (Wildman–Crippen MR) is 132 cm³/mol. The lowest BCUT2D eigenvalue weighted by Crippen LogP contribution is -2.27. The highest BCUT2D eigenvalue weighted by atomic mass is 16.5. The second-order valence-corrected chi connectivity index (χ2v) is 8.90. The minimum absolute atomic E-state index is 0.0260. The number of benzene rings is 2. The van der Waals surface area contributed by atoms with Gasteiger partial charge in [-0.2, -0.15) is 0 Å². The number of aromatic nitrogens is 1. The number of amides is 2. The quantitative estimate of drug-likeness (QED) is 0.481. The van der Waals surface area contributed by atoms with Gasteiger partial charge in [-0.1, -0.05) is 39.0 Å². The fourth-order valence-corrected chi connectivity index (χ4v) is 3.25. The molecule has 0 bridgehead atoms. The molecule has 2 aromatic carbocycles. The standard InChI is InChI=1S/C27H31N3O4/c1-27(2,3)21-9-7-20(8-10-21)26(32)29-15-13-25(31)30-22-11-12-23(33-4)24(16-22)34-18-19-6-5-14-28-17-19/h5-12,14,16-17H,13,15,18H2,1-4H3,(H,29,32)(H,30,31). The van der Waals surface area contributed by atoms with E-state index in [2.05, 4.69) is 36.4 Å². The lowest BCUT2D eigenvalue weighted by Gasteiger charge is -2.19. The van der Waals surface area contributed by atoms with Crippen LogP contribution in [0.3, 0.4) is 0 Å². The van der Waals surface area contributed by atoms with Crippen molar-refractivity contribution < 1.29 is 19.1 Å². The Morgan fingerprint density at radius 2 is 1.76 bits per heavy atom. The molecule has 1 heterocycles. The van der Waals surface area contributed by atoms with Gasteiger partial charge in [-0.05, 0) is 41.3 Å². The summed E-state index contributed by atoms with van der Waals surface area (Å²) < 4.78 is 11.2. The van der Waals surface area contributed by atoms with E-state index >= 15 is 0 Å². The third kappa shape index (κ3) is 7.07. The molecule has 0 fully saturated rings. The summed E-state index contributed by atoms with van der Waals surface area (Å²) in [4.78, 5) is 28.8. The number of carbonyl (C=O) groups is 2. The monoisotopic (exact) mass is 461 g/mol. The number of pyridine rings is 1. The maximum atomic E-state index is 12.4. The van der Waals surface area contributed by atoms with Gasteiger partial charge >= 0.3 is 0 Å². The molecule has 0 saturated heterocycles. The molecule has 0 saturated carbocycles. The van der Waals surface area contributed by atoms with E-state index in [0.717, 1.165) is 11.1 Å². The number of carbonyl (C=O) groups excluding carboxylic acids is 2. The highest BCUT2D eigenvalue weighted by molar-refractivity contribution is 5.95. The van der Waals surface area contributed by atoms with Crippen molar-refractivity contribution in [1.82, 2.24) is 10.3 Å². The van der Waals surface area contributed by atoms with E-state index in [0.29, 0.717) is 29.4 Å². The molecule has 178 valence electrons. The van der Waals surface area contributed by atoms with Gasteiger partial charge in [0, 0.05) is 48.2 Å². The van der Waals surface area contributed by atoms with Crippen molar-refractivity contribution in [2.24, 2.45) is 0 Å². The van der Waals surface area contributed by atoms with E-state index in [1.54, 1.807) is 49.8 Å². The van der Waals surface area contributed by atoms with Crippen molar-refractivity contribution in [2.45, 2.75) is 39.2 Å². The summed E-state index contributed by atoms with van der Waals surface area (Å²) in [5.74, 6) is 0.651. The van der Waals surface area contributed by atoms with Crippen molar-refractivity contribution in [2.75, 3.05) is 19.0 Å². The van der Waals surface area contributed by atoms with Crippen LogP contribution in [-0.2, 0) is 16.8 Å². The molecule has 0 atom stereocenters. The third-order valence-corrected chi connectivity index (χ3v) is 5.22. The number of hydrogen-bond donors (Lipinski definition) is 2. The van der Waals surface area contributed by atoms with Crippen LogP contribution >= 0.6 is 0 Å². The van der Waals surface area contributed by atoms with Crippen LogP contribution < -0.4 is 20.1 Å². The lowest BCUT2D eigenvalue weighted by atomic mass is 9.87. The van der Waals surface area contributed by atoms with E-state index < -0.39 is 0 Å². The molecule has 0 spiro atoms. The Balaban J connectivity index is 1.50. The summed E-state index contributed by atoms with van der Waals surface area (Å²) in [5, 5.41) is 5.62. The highest BCUT2D eigenvalue weighted by Crippen LogP contribution is 2.31. The summed E-state index contributed by atoms with van der Waals surface area (Å²) in [6.45, 7) is 6.93. The molecule has 7 nitrogen and oxygen atoms in total. The number of nitrogens with zero attached hydrogens (tertiary/aromatic N) is 1. The zero-order valence-corrected chi connectivity index (χ0v) is 20.1. The van der Waals surface area contributed by atoms with Gasteiger partial charge in [-0.3, -0.25) is 14.6 Å². The Labute approximate surface area is 200 Å². The minimum Gasteiger partial charge on any atom is -0.493 e. The second kappa shape index (κ2) is 11.3. The Hall–Kier alpha value is -3.87. The summed E-state index contributed by atoms with van der Waals surface area (Å²) >= 11 is 0. The van der Waals surface area contributed by atoms with Crippen LogP contribution in [0.15, 0.2) is 67.0 Å². The average molecular weight is 462 g/mol. The third-order valence-electron chi connectivity index (χ3n) is 5.22. The van der Waals surface area contributed by atoms with Gasteiger partial charge in [0.2, 0.25) is 5.91 Å². The number of nitrogens with one attached hydrogen (secondary N) is 2. The molecular weight excluding hydrogens is 430 g/mol. The SMILES string of the molecule is COc1ccc(NC(=O)CCNC(=O)c2ccc(C(C)(C)C)cc2)cc1OCc1cccnc1. The van der Waals surface area contributed by atoms with E-state index in [1.165, 1.54) is 0 Å². The van der Waals surface area contributed by atoms with Crippen molar-refractivity contribution in [1.29, 1.82) is 0 Å². The summed E-state index contributed by atoms with van der Waals surface area (Å²) in [5.41, 5.74) is 3.25. The highest BCUT2D eigenvalue weighted by Gasteiger charge is 2.14. The molecule has 3 rings (SSSR count). The second-order valence-electron chi connectivity index (χ2n) is 8.90. The zero-order chi connectivity index (χ0) is 24.6. The largest absolute Gasteiger partial charge is 0.493 e. The van der Waals surface area contributed by atoms with Crippen molar-refractivity contribution in [3.8, 4) is 11.5 Å². The summed E-state index contributed by atoms with van der Waals surface area (Å²) in [6, 6.07) is 16.5. The molecule has 0 aliphatic heterocycles.